The van der Waals surface area contributed by atoms with Crippen LogP contribution in [0.4, 0.5) is 0 Å². The SMILES string of the molecule is CC(C)Sc1ccc(CC(=O)N2CCC[C@@H](Cc3nc(-c4cnccn4)no3)C2)cc1. The first-order chi connectivity index (χ1) is 15.1. The van der Waals surface area contributed by atoms with Crippen molar-refractivity contribution in [2.24, 2.45) is 5.92 Å². The number of thioether (sulfide) groups is 1. The first kappa shape index (κ1) is 21.5. The predicted molar refractivity (Wildman–Crippen MR) is 119 cm³/mol. The number of nitrogens with zero attached hydrogens (tertiary/aromatic N) is 5. The third kappa shape index (κ3) is 5.91. The van der Waals surface area contributed by atoms with Crippen molar-refractivity contribution in [3.8, 4) is 11.5 Å². The van der Waals surface area contributed by atoms with Crippen molar-refractivity contribution in [2.75, 3.05) is 13.1 Å². The van der Waals surface area contributed by atoms with Crippen molar-refractivity contribution < 1.29 is 9.32 Å². The Morgan fingerprint density at radius 2 is 2.10 bits per heavy atom. The molecular weight excluding hydrogens is 410 g/mol. The van der Waals surface area contributed by atoms with Crippen LogP contribution in [0.25, 0.3) is 11.5 Å². The Morgan fingerprint density at radius 3 is 2.84 bits per heavy atom. The van der Waals surface area contributed by atoms with Crippen molar-refractivity contribution in [2.45, 2.75) is 49.7 Å². The summed E-state index contributed by atoms with van der Waals surface area (Å²) in [6.07, 6.45) is 7.97. The van der Waals surface area contributed by atoms with E-state index in [0.717, 1.165) is 31.5 Å². The van der Waals surface area contributed by atoms with E-state index in [1.807, 2.05) is 16.7 Å². The van der Waals surface area contributed by atoms with Crippen LogP contribution < -0.4 is 0 Å². The van der Waals surface area contributed by atoms with Gasteiger partial charge in [-0.2, -0.15) is 4.98 Å². The van der Waals surface area contributed by atoms with E-state index in [0.29, 0.717) is 41.4 Å². The van der Waals surface area contributed by atoms with Gasteiger partial charge in [0.05, 0.1) is 12.6 Å². The zero-order valence-corrected chi connectivity index (χ0v) is 18.7. The van der Waals surface area contributed by atoms with Crippen molar-refractivity contribution in [1.82, 2.24) is 25.0 Å². The Hall–Kier alpha value is -2.74. The predicted octanol–water partition coefficient (Wildman–Crippen LogP) is 4.05. The summed E-state index contributed by atoms with van der Waals surface area (Å²) in [7, 11) is 0. The van der Waals surface area contributed by atoms with E-state index in [2.05, 4.69) is 58.2 Å². The molecule has 0 bridgehead atoms. The highest BCUT2D eigenvalue weighted by molar-refractivity contribution is 7.99. The van der Waals surface area contributed by atoms with Crippen LogP contribution >= 0.6 is 11.8 Å². The van der Waals surface area contributed by atoms with Crippen LogP contribution in [0, 0.1) is 5.92 Å². The first-order valence-corrected chi connectivity index (χ1v) is 11.6. The van der Waals surface area contributed by atoms with Gasteiger partial charge in [-0.05, 0) is 36.5 Å². The van der Waals surface area contributed by atoms with Crippen LogP contribution in [-0.4, -0.2) is 49.3 Å². The van der Waals surface area contributed by atoms with E-state index >= 15 is 0 Å². The highest BCUT2D eigenvalue weighted by Gasteiger charge is 2.25. The van der Waals surface area contributed by atoms with Crippen molar-refractivity contribution >= 4 is 17.7 Å². The Labute approximate surface area is 186 Å². The number of piperidine rings is 1. The van der Waals surface area contributed by atoms with E-state index in [-0.39, 0.29) is 5.91 Å². The number of aromatic nitrogens is 4. The van der Waals surface area contributed by atoms with Gasteiger partial charge in [-0.1, -0.05) is 31.1 Å². The zero-order chi connectivity index (χ0) is 21.6. The number of likely N-dealkylation sites (tertiary alicyclic amines) is 1. The topological polar surface area (TPSA) is 85.0 Å². The second-order valence-electron chi connectivity index (χ2n) is 8.14. The maximum atomic E-state index is 12.9. The molecule has 1 atom stereocenters. The molecule has 1 amide bonds. The van der Waals surface area contributed by atoms with Crippen LogP contribution in [0.1, 0.15) is 38.1 Å². The molecule has 3 aromatic rings. The molecule has 0 unspecified atom stereocenters. The molecule has 8 heteroatoms. The van der Waals surface area contributed by atoms with Crippen molar-refractivity contribution in [3.05, 3.63) is 54.3 Å². The van der Waals surface area contributed by atoms with Gasteiger partial charge in [0.15, 0.2) is 0 Å². The molecule has 7 nitrogen and oxygen atoms in total. The quantitative estimate of drug-likeness (QED) is 0.516. The molecule has 31 heavy (non-hydrogen) atoms. The molecule has 1 fully saturated rings. The highest BCUT2D eigenvalue weighted by Crippen LogP contribution is 2.24. The summed E-state index contributed by atoms with van der Waals surface area (Å²) in [4.78, 5) is 28.8. The van der Waals surface area contributed by atoms with Gasteiger partial charge in [0.2, 0.25) is 17.6 Å². The van der Waals surface area contributed by atoms with E-state index in [1.54, 1.807) is 18.6 Å². The van der Waals surface area contributed by atoms with Crippen LogP contribution in [0.3, 0.4) is 0 Å². The van der Waals surface area contributed by atoms with E-state index < -0.39 is 0 Å². The van der Waals surface area contributed by atoms with E-state index in [9.17, 15) is 4.79 Å². The molecule has 0 aliphatic carbocycles. The maximum absolute atomic E-state index is 12.9. The minimum absolute atomic E-state index is 0.180. The molecule has 1 aliphatic rings. The van der Waals surface area contributed by atoms with Gasteiger partial charge in [0, 0.05) is 42.0 Å². The van der Waals surface area contributed by atoms with Crippen LogP contribution in [0.5, 0.6) is 0 Å². The Morgan fingerprint density at radius 1 is 1.26 bits per heavy atom. The number of carbonyl (C=O) groups is 1. The second-order valence-corrected chi connectivity index (χ2v) is 9.79. The largest absolute Gasteiger partial charge is 0.342 e. The molecule has 0 spiro atoms. The monoisotopic (exact) mass is 437 g/mol. The lowest BCUT2D eigenvalue weighted by atomic mass is 9.94. The van der Waals surface area contributed by atoms with E-state index in [4.69, 9.17) is 4.52 Å². The lowest BCUT2D eigenvalue weighted by Crippen LogP contribution is -2.41. The maximum Gasteiger partial charge on any atom is 0.227 e. The summed E-state index contributed by atoms with van der Waals surface area (Å²) in [6.45, 7) is 5.90. The fourth-order valence-electron chi connectivity index (χ4n) is 3.81. The van der Waals surface area contributed by atoms with Gasteiger partial charge in [-0.15, -0.1) is 11.8 Å². The molecule has 1 aliphatic heterocycles. The van der Waals surface area contributed by atoms with Gasteiger partial charge >= 0.3 is 0 Å². The Bertz CT molecular complexity index is 991. The minimum atomic E-state index is 0.180. The Balaban J connectivity index is 1.32. The lowest BCUT2D eigenvalue weighted by molar-refractivity contribution is -0.132. The molecule has 0 radical (unpaired) electrons. The molecule has 0 saturated carbocycles. The summed E-state index contributed by atoms with van der Waals surface area (Å²) in [5.74, 6) is 1.53. The molecule has 1 aromatic carbocycles. The van der Waals surface area contributed by atoms with Crippen LogP contribution in [0.15, 0.2) is 52.3 Å². The van der Waals surface area contributed by atoms with E-state index in [1.165, 1.54) is 4.90 Å². The van der Waals surface area contributed by atoms with Crippen LogP contribution in [-0.2, 0) is 17.6 Å². The number of hydrogen-bond acceptors (Lipinski definition) is 7. The van der Waals surface area contributed by atoms with Crippen LogP contribution in [0.2, 0.25) is 0 Å². The highest BCUT2D eigenvalue weighted by atomic mass is 32.2. The third-order valence-electron chi connectivity index (χ3n) is 5.25. The average molecular weight is 438 g/mol. The lowest BCUT2D eigenvalue weighted by Gasteiger charge is -2.32. The summed E-state index contributed by atoms with van der Waals surface area (Å²) in [5.41, 5.74) is 1.65. The van der Waals surface area contributed by atoms with Gasteiger partial charge < -0.3 is 9.42 Å². The number of amides is 1. The molecule has 4 rings (SSSR count). The molecule has 1 saturated heterocycles. The molecule has 162 valence electrons. The fraction of sp³-hybridized carbons (Fsp3) is 0.435. The number of hydrogen-bond donors (Lipinski definition) is 0. The summed E-state index contributed by atoms with van der Waals surface area (Å²) >= 11 is 1.83. The van der Waals surface area contributed by atoms with Gasteiger partial charge in [-0.25, -0.2) is 4.98 Å². The zero-order valence-electron chi connectivity index (χ0n) is 17.9. The molecule has 0 N–H and O–H groups in total. The normalized spacial score (nSPS) is 16.6. The molecule has 3 heterocycles. The first-order valence-electron chi connectivity index (χ1n) is 10.7. The summed E-state index contributed by atoms with van der Waals surface area (Å²) < 4.78 is 5.42. The molecule has 2 aromatic heterocycles. The Kier molecular flexibility index (Phi) is 6.96. The number of rotatable bonds is 7. The average Bonchev–Trinajstić information content (AvgIpc) is 3.24. The smallest absolute Gasteiger partial charge is 0.227 e. The number of carbonyl (C=O) groups excluding carboxylic acids is 1. The number of benzene rings is 1. The van der Waals surface area contributed by atoms with Gasteiger partial charge in [0.1, 0.15) is 5.69 Å². The third-order valence-corrected chi connectivity index (χ3v) is 6.26. The second kappa shape index (κ2) is 10.0. The van der Waals surface area contributed by atoms with Crippen molar-refractivity contribution in [1.29, 1.82) is 0 Å². The minimum Gasteiger partial charge on any atom is -0.342 e. The van der Waals surface area contributed by atoms with Gasteiger partial charge in [-0.3, -0.25) is 9.78 Å². The summed E-state index contributed by atoms with van der Waals surface area (Å²) in [6, 6.07) is 8.35. The van der Waals surface area contributed by atoms with Gasteiger partial charge in [0.25, 0.3) is 0 Å². The molecular formula is C23H27N5O2S. The van der Waals surface area contributed by atoms with Crippen molar-refractivity contribution in [3.63, 3.8) is 0 Å². The summed E-state index contributed by atoms with van der Waals surface area (Å²) in [5, 5.41) is 4.57. The standard InChI is InChI=1S/C23H27N5O2S/c1-16(2)31-19-7-5-17(6-8-19)13-22(29)28-11-3-4-18(15-28)12-21-26-23(27-30-21)20-14-24-9-10-25-20/h5-10,14,16,18H,3-4,11-13,15H2,1-2H3/t18-/m0/s1. The fourth-order valence-corrected chi connectivity index (χ4v) is 4.64.